The Bertz CT molecular complexity index is 846. The van der Waals surface area contributed by atoms with Crippen LogP contribution < -0.4 is 5.32 Å². The van der Waals surface area contributed by atoms with Gasteiger partial charge in [-0.05, 0) is 11.1 Å². The van der Waals surface area contributed by atoms with E-state index >= 15 is 0 Å². The van der Waals surface area contributed by atoms with Gasteiger partial charge in [-0.2, -0.15) is 21.0 Å². The van der Waals surface area contributed by atoms with Crippen LogP contribution in [-0.2, 0) is 0 Å². The standard InChI is InChI=1S/C21H15N5/c22-12-20(13-23)11-21(14-24,15-25)19(17-9-5-2-6-10-17)26-18(20)16-7-3-1-4-8-16/h1-10,18-19,26H,11H2/t18-,19-/m1/s1. The summed E-state index contributed by atoms with van der Waals surface area (Å²) in [6.45, 7) is 0. The molecule has 2 atom stereocenters. The molecule has 2 aromatic carbocycles. The molecule has 3 rings (SSSR count). The zero-order valence-corrected chi connectivity index (χ0v) is 13.9. The first-order chi connectivity index (χ1) is 12.6. The summed E-state index contributed by atoms with van der Waals surface area (Å²) in [7, 11) is 0. The molecule has 1 aliphatic heterocycles. The first-order valence-corrected chi connectivity index (χ1v) is 8.15. The quantitative estimate of drug-likeness (QED) is 0.902. The molecule has 26 heavy (non-hydrogen) atoms. The summed E-state index contributed by atoms with van der Waals surface area (Å²) >= 11 is 0. The number of rotatable bonds is 2. The van der Waals surface area contributed by atoms with Crippen LogP contribution in [0.3, 0.4) is 0 Å². The van der Waals surface area contributed by atoms with Gasteiger partial charge in [0, 0.05) is 6.42 Å². The summed E-state index contributed by atoms with van der Waals surface area (Å²) in [4.78, 5) is 0. The molecule has 0 amide bonds. The number of benzene rings is 2. The van der Waals surface area contributed by atoms with Crippen molar-refractivity contribution in [1.29, 1.82) is 21.0 Å². The van der Waals surface area contributed by atoms with E-state index in [4.69, 9.17) is 0 Å². The maximum atomic E-state index is 9.82. The van der Waals surface area contributed by atoms with Crippen molar-refractivity contribution in [1.82, 2.24) is 5.32 Å². The van der Waals surface area contributed by atoms with Crippen LogP contribution in [0.4, 0.5) is 0 Å². The fraction of sp³-hybridized carbons (Fsp3) is 0.238. The number of nitriles is 4. The number of hydrogen-bond acceptors (Lipinski definition) is 5. The summed E-state index contributed by atoms with van der Waals surface area (Å²) < 4.78 is 0. The van der Waals surface area contributed by atoms with Crippen molar-refractivity contribution in [2.45, 2.75) is 18.5 Å². The molecular formula is C21H15N5. The number of nitrogens with zero attached hydrogens (tertiary/aromatic N) is 4. The summed E-state index contributed by atoms with van der Waals surface area (Å²) in [6.07, 6.45) is -0.147. The minimum absolute atomic E-state index is 0.147. The molecular weight excluding hydrogens is 322 g/mol. The second-order valence-electron chi connectivity index (χ2n) is 6.42. The number of hydrogen-bond donors (Lipinski definition) is 1. The molecule has 1 fully saturated rings. The molecule has 0 saturated carbocycles. The van der Waals surface area contributed by atoms with Crippen LogP contribution in [0.2, 0.25) is 0 Å². The van der Waals surface area contributed by atoms with Gasteiger partial charge >= 0.3 is 0 Å². The molecule has 0 aliphatic carbocycles. The third kappa shape index (κ3) is 2.58. The van der Waals surface area contributed by atoms with Crippen LogP contribution in [-0.4, -0.2) is 0 Å². The minimum atomic E-state index is -1.52. The molecule has 5 heteroatoms. The lowest BCUT2D eigenvalue weighted by Crippen LogP contribution is -2.52. The molecule has 1 aliphatic rings. The molecule has 1 N–H and O–H groups in total. The fourth-order valence-electron chi connectivity index (χ4n) is 3.61. The van der Waals surface area contributed by atoms with Gasteiger partial charge < -0.3 is 0 Å². The van der Waals surface area contributed by atoms with Crippen LogP contribution in [0.25, 0.3) is 0 Å². The Balaban J connectivity index is 2.19. The van der Waals surface area contributed by atoms with E-state index in [1.165, 1.54) is 0 Å². The summed E-state index contributed by atoms with van der Waals surface area (Å²) in [5, 5.41) is 42.6. The lowest BCUT2D eigenvalue weighted by molar-refractivity contribution is 0.136. The van der Waals surface area contributed by atoms with Crippen LogP contribution in [0.5, 0.6) is 0 Å². The number of nitrogens with one attached hydrogen (secondary N) is 1. The molecule has 1 saturated heterocycles. The second-order valence-corrected chi connectivity index (χ2v) is 6.42. The highest BCUT2D eigenvalue weighted by atomic mass is 15.0. The van der Waals surface area contributed by atoms with Gasteiger partial charge in [-0.15, -0.1) is 0 Å². The molecule has 124 valence electrons. The van der Waals surface area contributed by atoms with E-state index in [1.807, 2.05) is 60.7 Å². The van der Waals surface area contributed by atoms with Gasteiger partial charge in [0.2, 0.25) is 0 Å². The van der Waals surface area contributed by atoms with Crippen molar-refractivity contribution < 1.29 is 0 Å². The average molecular weight is 337 g/mol. The van der Waals surface area contributed by atoms with E-state index in [9.17, 15) is 21.0 Å². The molecule has 0 radical (unpaired) electrons. The molecule has 5 nitrogen and oxygen atoms in total. The van der Waals surface area contributed by atoms with Crippen LogP contribution in [0, 0.1) is 56.2 Å². The van der Waals surface area contributed by atoms with Crippen molar-refractivity contribution in [3.05, 3.63) is 71.8 Å². The molecule has 0 unspecified atom stereocenters. The van der Waals surface area contributed by atoms with Gasteiger partial charge in [-0.3, -0.25) is 5.32 Å². The molecule has 0 bridgehead atoms. The van der Waals surface area contributed by atoms with Crippen LogP contribution >= 0.6 is 0 Å². The summed E-state index contributed by atoms with van der Waals surface area (Å²) in [6, 6.07) is 25.6. The first kappa shape index (κ1) is 17.2. The maximum absolute atomic E-state index is 9.82. The molecule has 0 aromatic heterocycles. The topological polar surface area (TPSA) is 107 Å². The molecule has 1 heterocycles. The molecule has 0 spiro atoms. The zero-order valence-electron chi connectivity index (χ0n) is 13.9. The largest absolute Gasteiger partial charge is 0.298 e. The van der Waals surface area contributed by atoms with E-state index < -0.39 is 22.9 Å². The molecule has 2 aromatic rings. The highest BCUT2D eigenvalue weighted by Gasteiger charge is 2.57. The maximum Gasteiger partial charge on any atom is 0.165 e. The Hall–Kier alpha value is -3.64. The minimum Gasteiger partial charge on any atom is -0.298 e. The van der Waals surface area contributed by atoms with Gasteiger partial charge in [0.05, 0.1) is 36.4 Å². The van der Waals surface area contributed by atoms with Crippen molar-refractivity contribution in [2.75, 3.05) is 0 Å². The van der Waals surface area contributed by atoms with Crippen molar-refractivity contribution in [2.24, 2.45) is 10.8 Å². The van der Waals surface area contributed by atoms with Gasteiger partial charge in [0.25, 0.3) is 0 Å². The van der Waals surface area contributed by atoms with Crippen molar-refractivity contribution in [3.8, 4) is 24.3 Å². The van der Waals surface area contributed by atoms with E-state index in [1.54, 1.807) is 0 Å². The Morgan fingerprint density at radius 3 is 1.31 bits per heavy atom. The van der Waals surface area contributed by atoms with Gasteiger partial charge in [-0.1, -0.05) is 60.7 Å². The first-order valence-electron chi connectivity index (χ1n) is 8.15. The van der Waals surface area contributed by atoms with E-state index in [0.29, 0.717) is 0 Å². The van der Waals surface area contributed by atoms with E-state index in [-0.39, 0.29) is 6.42 Å². The summed E-state index contributed by atoms with van der Waals surface area (Å²) in [5.41, 5.74) is -1.47. The highest BCUT2D eigenvalue weighted by molar-refractivity contribution is 5.40. The monoisotopic (exact) mass is 337 g/mol. The predicted molar refractivity (Wildman–Crippen MR) is 93.4 cm³/mol. The Kier molecular flexibility index (Phi) is 4.43. The Morgan fingerprint density at radius 1 is 0.654 bits per heavy atom. The van der Waals surface area contributed by atoms with Gasteiger partial charge in [0.15, 0.2) is 10.8 Å². The predicted octanol–water partition coefficient (Wildman–Crippen LogP) is 3.53. The lowest BCUT2D eigenvalue weighted by Gasteiger charge is -2.45. The second kappa shape index (κ2) is 6.70. The average Bonchev–Trinajstić information content (AvgIpc) is 2.74. The van der Waals surface area contributed by atoms with E-state index in [0.717, 1.165) is 11.1 Å². The summed E-state index contributed by atoms with van der Waals surface area (Å²) in [5.74, 6) is 0. The van der Waals surface area contributed by atoms with Gasteiger partial charge in [-0.25, -0.2) is 0 Å². The van der Waals surface area contributed by atoms with Crippen LogP contribution in [0.15, 0.2) is 60.7 Å². The SMILES string of the molecule is N#CC1(C#N)CC(C#N)(C#N)[C@@H](c2ccccc2)N[C@@H]1c1ccccc1. The normalized spacial score (nSPS) is 22.8. The highest BCUT2D eigenvalue weighted by Crippen LogP contribution is 2.53. The fourth-order valence-corrected chi connectivity index (χ4v) is 3.61. The lowest BCUT2D eigenvalue weighted by atomic mass is 9.60. The zero-order chi connectivity index (χ0) is 18.6. The number of piperidine rings is 1. The smallest absolute Gasteiger partial charge is 0.165 e. The van der Waals surface area contributed by atoms with Crippen molar-refractivity contribution >= 4 is 0 Å². The Labute approximate surface area is 152 Å². The van der Waals surface area contributed by atoms with Crippen molar-refractivity contribution in [3.63, 3.8) is 0 Å². The van der Waals surface area contributed by atoms with Gasteiger partial charge in [0.1, 0.15) is 0 Å². The Morgan fingerprint density at radius 2 is 1.00 bits per heavy atom. The van der Waals surface area contributed by atoms with E-state index in [2.05, 4.69) is 29.6 Å². The third-order valence-electron chi connectivity index (χ3n) is 4.94. The third-order valence-corrected chi connectivity index (χ3v) is 4.94. The van der Waals surface area contributed by atoms with Crippen LogP contribution in [0.1, 0.15) is 29.6 Å².